The van der Waals surface area contributed by atoms with Crippen molar-refractivity contribution in [2.75, 3.05) is 14.1 Å². The van der Waals surface area contributed by atoms with Gasteiger partial charge in [0.1, 0.15) is 17.1 Å². The summed E-state index contributed by atoms with van der Waals surface area (Å²) in [4.78, 5) is 39.7. The number of carbonyl (C=O) groups excluding carboxylic acids is 3. The van der Waals surface area contributed by atoms with E-state index < -0.39 is 70.9 Å². The van der Waals surface area contributed by atoms with Crippen LogP contribution in [0.1, 0.15) is 24.0 Å². The van der Waals surface area contributed by atoms with Crippen molar-refractivity contribution in [3.63, 3.8) is 0 Å². The van der Waals surface area contributed by atoms with Gasteiger partial charge in [-0.15, -0.1) is 0 Å². The molecule has 0 aliphatic heterocycles. The number of primary amides is 1. The van der Waals surface area contributed by atoms with E-state index in [1.165, 1.54) is 31.1 Å². The number of phenols is 1. The number of aliphatic hydroxyl groups is 4. The van der Waals surface area contributed by atoms with Gasteiger partial charge >= 0.3 is 0 Å². The maximum Gasteiger partial charge on any atom is 0.255 e. The number of aromatic hydroxyl groups is 1. The number of carbonyl (C=O) groups is 3. The Balaban J connectivity index is 2.23. The van der Waals surface area contributed by atoms with Crippen molar-refractivity contribution in [3.8, 4) is 5.75 Å². The van der Waals surface area contributed by atoms with Gasteiger partial charge in [0.2, 0.25) is 0 Å². The zero-order valence-corrected chi connectivity index (χ0v) is 18.5. The Morgan fingerprint density at radius 2 is 1.88 bits per heavy atom. The lowest BCUT2D eigenvalue weighted by Crippen LogP contribution is -2.70. The molecule has 0 saturated heterocycles. The van der Waals surface area contributed by atoms with Gasteiger partial charge < -0.3 is 31.3 Å². The Bertz CT molecular complexity index is 1080. The molecule has 2 aliphatic carbocycles. The molecule has 0 spiro atoms. The molecule has 3 rings (SSSR count). The van der Waals surface area contributed by atoms with Crippen molar-refractivity contribution in [1.82, 2.24) is 4.90 Å². The second-order valence-electron chi connectivity index (χ2n) is 8.82. The Hall–Kier alpha value is -3.05. The largest absolute Gasteiger partial charge is 0.508 e. The molecular formula is C23H28N2O8. The summed E-state index contributed by atoms with van der Waals surface area (Å²) in [5.74, 6) is -7.98. The van der Waals surface area contributed by atoms with E-state index in [9.17, 15) is 39.9 Å². The third-order valence-electron chi connectivity index (χ3n) is 6.89. The number of hydrogen-bond acceptors (Lipinski definition) is 9. The minimum atomic E-state index is -2.79. The first-order valence-electron chi connectivity index (χ1n) is 10.3. The van der Waals surface area contributed by atoms with Crippen LogP contribution in [0.2, 0.25) is 0 Å². The minimum absolute atomic E-state index is 0.175. The molecule has 1 fully saturated rings. The van der Waals surface area contributed by atoms with Crippen LogP contribution in [0.3, 0.4) is 0 Å². The lowest BCUT2D eigenvalue weighted by Gasteiger charge is -2.52. The van der Waals surface area contributed by atoms with Crippen molar-refractivity contribution in [2.45, 2.75) is 37.2 Å². The predicted molar refractivity (Wildman–Crippen MR) is 116 cm³/mol. The number of nitrogens with two attached hydrogens (primary N) is 1. The van der Waals surface area contributed by atoms with Crippen LogP contribution in [-0.2, 0) is 21.0 Å². The summed E-state index contributed by atoms with van der Waals surface area (Å²) >= 11 is 0. The van der Waals surface area contributed by atoms with Gasteiger partial charge in [-0.2, -0.15) is 0 Å². The molecule has 6 atom stereocenters. The fourth-order valence-corrected chi connectivity index (χ4v) is 5.30. The number of Topliss-reactive ketones (excluding diaryl/α,β-unsaturated/α-hetero) is 2. The quantitative estimate of drug-likeness (QED) is 0.243. The highest BCUT2D eigenvalue weighted by Gasteiger charge is 2.66. The lowest BCUT2D eigenvalue weighted by atomic mass is 9.56. The molecule has 7 N–H and O–H groups in total. The van der Waals surface area contributed by atoms with Crippen molar-refractivity contribution >= 4 is 17.5 Å². The molecule has 0 bridgehead atoms. The molecule has 0 unspecified atom stereocenters. The van der Waals surface area contributed by atoms with E-state index >= 15 is 0 Å². The van der Waals surface area contributed by atoms with Gasteiger partial charge in [-0.25, -0.2) is 0 Å². The van der Waals surface area contributed by atoms with E-state index in [0.29, 0.717) is 5.56 Å². The number of aliphatic hydroxyl groups excluding tert-OH is 3. The minimum Gasteiger partial charge on any atom is -0.508 e. The number of nitrogens with zero attached hydrogens (tertiary/aromatic N) is 1. The highest BCUT2D eigenvalue weighted by Crippen LogP contribution is 2.51. The second kappa shape index (κ2) is 8.38. The average Bonchev–Trinajstić information content (AvgIpc) is 2.73. The van der Waals surface area contributed by atoms with Crippen LogP contribution >= 0.6 is 0 Å². The van der Waals surface area contributed by atoms with Gasteiger partial charge in [-0.1, -0.05) is 25.6 Å². The van der Waals surface area contributed by atoms with Crippen LogP contribution in [0, 0.1) is 11.8 Å². The lowest BCUT2D eigenvalue weighted by molar-refractivity contribution is -0.169. The number of rotatable bonds is 5. The van der Waals surface area contributed by atoms with Crippen LogP contribution in [0.25, 0.3) is 0 Å². The summed E-state index contributed by atoms with van der Waals surface area (Å²) in [7, 11) is 2.92. The molecule has 0 radical (unpaired) electrons. The van der Waals surface area contributed by atoms with E-state index in [1.807, 2.05) is 0 Å². The zero-order valence-electron chi connectivity index (χ0n) is 18.5. The van der Waals surface area contributed by atoms with Crippen LogP contribution in [0.4, 0.5) is 0 Å². The number of ketones is 2. The summed E-state index contributed by atoms with van der Waals surface area (Å²) in [6.45, 7) is 4.87. The molecule has 0 heterocycles. The summed E-state index contributed by atoms with van der Waals surface area (Å²) in [5, 5.41) is 53.4. The predicted octanol–water partition coefficient (Wildman–Crippen LogP) is -0.738. The first-order chi connectivity index (χ1) is 15.3. The third kappa shape index (κ3) is 3.37. The highest BCUT2D eigenvalue weighted by molar-refractivity contribution is 6.24. The standard InChI is InChI=1S/C23H28N2O8/c1-9(11-6-5-7-13(27)12(11)8-26)14-10(2)20(30)23(33)16(18(14)28)17(25(3)4)19(29)15(21(23)31)22(24)32/h5-7,9,14,16-18,26-28,31,33H,2,8H2,1,3-4H3,(H2,24,32)/t9-,14+,16+,17-,18-,23-/m0/s1. The monoisotopic (exact) mass is 460 g/mol. The first-order valence-corrected chi connectivity index (χ1v) is 10.3. The summed E-state index contributed by atoms with van der Waals surface area (Å²) in [6.07, 6.45) is -1.59. The van der Waals surface area contributed by atoms with Gasteiger partial charge in [-0.05, 0) is 37.2 Å². The van der Waals surface area contributed by atoms with E-state index in [-0.39, 0.29) is 16.9 Å². The molecule has 10 heteroatoms. The Morgan fingerprint density at radius 3 is 2.39 bits per heavy atom. The van der Waals surface area contributed by atoms with Gasteiger partial charge in [0.15, 0.2) is 17.2 Å². The molecule has 0 aromatic heterocycles. The Kier molecular flexibility index (Phi) is 6.24. The van der Waals surface area contributed by atoms with Crippen molar-refractivity contribution in [2.24, 2.45) is 17.6 Å². The smallest absolute Gasteiger partial charge is 0.255 e. The van der Waals surface area contributed by atoms with Crippen LogP contribution in [0.15, 0.2) is 41.7 Å². The Labute approximate surface area is 190 Å². The SMILES string of the molecule is C=C1C(=O)[C@]2(O)C(O)=C(C(N)=O)C(=O)[C@@H](N(C)C)[C@@H]2[C@@H](O)[C@@H]1[C@@H](C)c1cccc(O)c1CO. The summed E-state index contributed by atoms with van der Waals surface area (Å²) in [5.41, 5.74) is 1.94. The fraction of sp³-hybridized carbons (Fsp3) is 0.435. The number of likely N-dealkylation sites (N-methyl/N-ethyl adjacent to an activating group) is 1. The summed E-state index contributed by atoms with van der Waals surface area (Å²) < 4.78 is 0. The number of amides is 1. The van der Waals surface area contributed by atoms with Crippen molar-refractivity contribution in [3.05, 3.63) is 52.8 Å². The normalized spacial score (nSPS) is 31.1. The zero-order chi connectivity index (χ0) is 25.0. The molecule has 178 valence electrons. The molecule has 10 nitrogen and oxygen atoms in total. The molecule has 1 aromatic rings. The topological polar surface area (TPSA) is 182 Å². The number of hydrogen-bond donors (Lipinski definition) is 6. The van der Waals surface area contributed by atoms with Crippen LogP contribution < -0.4 is 5.73 Å². The van der Waals surface area contributed by atoms with Crippen molar-refractivity contribution in [1.29, 1.82) is 0 Å². The molecule has 1 saturated carbocycles. The average molecular weight is 460 g/mol. The molecule has 1 aromatic carbocycles. The fourth-order valence-electron chi connectivity index (χ4n) is 5.30. The van der Waals surface area contributed by atoms with Gasteiger partial charge in [-0.3, -0.25) is 19.3 Å². The van der Waals surface area contributed by atoms with Gasteiger partial charge in [0, 0.05) is 11.5 Å². The highest BCUT2D eigenvalue weighted by atomic mass is 16.4. The van der Waals surface area contributed by atoms with E-state index in [2.05, 4.69) is 6.58 Å². The Morgan fingerprint density at radius 1 is 1.27 bits per heavy atom. The molecule has 33 heavy (non-hydrogen) atoms. The maximum absolute atomic E-state index is 13.4. The third-order valence-corrected chi connectivity index (χ3v) is 6.89. The second-order valence-corrected chi connectivity index (χ2v) is 8.82. The van der Waals surface area contributed by atoms with E-state index in [1.54, 1.807) is 13.0 Å². The van der Waals surface area contributed by atoms with Gasteiger partial charge in [0.05, 0.1) is 24.7 Å². The van der Waals surface area contributed by atoms with Crippen LogP contribution in [-0.4, -0.2) is 79.7 Å². The first kappa shape index (κ1) is 24.6. The molecule has 1 amide bonds. The van der Waals surface area contributed by atoms with Crippen molar-refractivity contribution < 1.29 is 39.9 Å². The van der Waals surface area contributed by atoms with E-state index in [4.69, 9.17) is 5.73 Å². The molecule has 2 aliphatic rings. The number of fused-ring (bicyclic) bond motifs is 1. The molecular weight excluding hydrogens is 432 g/mol. The maximum atomic E-state index is 13.4. The van der Waals surface area contributed by atoms with Crippen LogP contribution in [0.5, 0.6) is 5.75 Å². The van der Waals surface area contributed by atoms with E-state index in [0.717, 1.165) is 0 Å². The summed E-state index contributed by atoms with van der Waals surface area (Å²) in [6, 6.07) is 3.17. The number of benzene rings is 1. The van der Waals surface area contributed by atoms with Gasteiger partial charge in [0.25, 0.3) is 5.91 Å².